The molecule has 2 aromatic rings. The number of nitrogens with one attached hydrogen (secondary N) is 2. The highest BCUT2D eigenvalue weighted by Crippen LogP contribution is 2.10. The van der Waals surface area contributed by atoms with E-state index in [9.17, 15) is 14.4 Å². The van der Waals surface area contributed by atoms with Crippen LogP contribution in [-0.4, -0.2) is 63.0 Å². The number of amides is 2. The van der Waals surface area contributed by atoms with Crippen LogP contribution < -0.4 is 5.56 Å². The zero-order valence-electron chi connectivity index (χ0n) is 12.5. The lowest BCUT2D eigenvalue weighted by Gasteiger charge is -2.21. The first-order chi connectivity index (χ1) is 11.1. The lowest BCUT2D eigenvalue weighted by molar-refractivity contribution is 0.0715. The van der Waals surface area contributed by atoms with Crippen LogP contribution in [0.3, 0.4) is 0 Å². The Labute approximate surface area is 132 Å². The summed E-state index contributed by atoms with van der Waals surface area (Å²) < 4.78 is 0. The molecule has 1 saturated heterocycles. The molecule has 2 aromatic heterocycles. The van der Waals surface area contributed by atoms with Crippen molar-refractivity contribution < 1.29 is 9.59 Å². The van der Waals surface area contributed by atoms with Crippen molar-refractivity contribution in [2.45, 2.75) is 6.42 Å². The van der Waals surface area contributed by atoms with Crippen LogP contribution in [0.15, 0.2) is 35.4 Å². The second-order valence-corrected chi connectivity index (χ2v) is 5.34. The molecule has 23 heavy (non-hydrogen) atoms. The van der Waals surface area contributed by atoms with Gasteiger partial charge in [-0.25, -0.2) is 5.10 Å². The van der Waals surface area contributed by atoms with Crippen LogP contribution in [0.1, 0.15) is 27.3 Å². The number of hydrogen-bond donors (Lipinski definition) is 2. The summed E-state index contributed by atoms with van der Waals surface area (Å²) in [6, 6.07) is 4.43. The van der Waals surface area contributed by atoms with Gasteiger partial charge in [-0.05, 0) is 18.6 Å². The third-order valence-electron chi connectivity index (χ3n) is 3.81. The molecule has 2 amide bonds. The van der Waals surface area contributed by atoms with Crippen LogP contribution in [0.4, 0.5) is 0 Å². The summed E-state index contributed by atoms with van der Waals surface area (Å²) in [5, 5.41) is 6.03. The SMILES string of the molecule is O=C(c1cc[nH]c1)N1CCCN(C(=O)c2ccc(=O)[nH]n2)CC1. The highest BCUT2D eigenvalue weighted by Gasteiger charge is 2.24. The van der Waals surface area contributed by atoms with E-state index in [-0.39, 0.29) is 23.1 Å². The van der Waals surface area contributed by atoms with Gasteiger partial charge >= 0.3 is 0 Å². The maximum atomic E-state index is 12.4. The van der Waals surface area contributed by atoms with E-state index in [4.69, 9.17) is 0 Å². The van der Waals surface area contributed by atoms with Crippen molar-refractivity contribution in [1.29, 1.82) is 0 Å². The minimum Gasteiger partial charge on any atom is -0.367 e. The minimum absolute atomic E-state index is 0.0392. The van der Waals surface area contributed by atoms with Gasteiger partial charge in [0.1, 0.15) is 5.69 Å². The molecule has 120 valence electrons. The van der Waals surface area contributed by atoms with E-state index in [1.807, 2.05) is 0 Å². The summed E-state index contributed by atoms with van der Waals surface area (Å²) >= 11 is 0. The van der Waals surface area contributed by atoms with Crippen LogP contribution in [0.2, 0.25) is 0 Å². The molecule has 0 aliphatic carbocycles. The van der Waals surface area contributed by atoms with Gasteiger partial charge in [-0.1, -0.05) is 0 Å². The van der Waals surface area contributed by atoms with Crippen molar-refractivity contribution in [3.8, 4) is 0 Å². The molecule has 1 aliphatic rings. The Kier molecular flexibility index (Phi) is 4.22. The quantitative estimate of drug-likeness (QED) is 0.819. The summed E-state index contributed by atoms with van der Waals surface area (Å²) in [5.41, 5.74) is 0.475. The zero-order chi connectivity index (χ0) is 16.2. The number of aromatic amines is 2. The Hall–Kier alpha value is -2.90. The molecule has 3 rings (SSSR count). The van der Waals surface area contributed by atoms with E-state index >= 15 is 0 Å². The van der Waals surface area contributed by atoms with E-state index in [0.29, 0.717) is 38.2 Å². The Morgan fingerprint density at radius 2 is 1.74 bits per heavy atom. The van der Waals surface area contributed by atoms with E-state index in [2.05, 4.69) is 15.2 Å². The third-order valence-corrected chi connectivity index (χ3v) is 3.81. The van der Waals surface area contributed by atoms with E-state index in [1.54, 1.807) is 28.3 Å². The fourth-order valence-corrected chi connectivity index (χ4v) is 2.59. The minimum atomic E-state index is -0.347. The lowest BCUT2D eigenvalue weighted by atomic mass is 10.3. The molecule has 1 aliphatic heterocycles. The number of hydrogen-bond acceptors (Lipinski definition) is 4. The molecule has 2 N–H and O–H groups in total. The summed E-state index contributed by atoms with van der Waals surface area (Å²) in [6.45, 7) is 2.07. The number of carbonyl (C=O) groups is 2. The standard InChI is InChI=1S/C15H17N5O3/c21-13-3-2-12(17-18-13)15(23)20-7-1-6-19(8-9-20)14(22)11-4-5-16-10-11/h2-5,10,16H,1,6-9H2,(H,18,21). The van der Waals surface area contributed by atoms with Crippen LogP contribution in [0.25, 0.3) is 0 Å². The number of rotatable bonds is 2. The Bertz CT molecular complexity index is 732. The fourth-order valence-electron chi connectivity index (χ4n) is 2.59. The van der Waals surface area contributed by atoms with Gasteiger partial charge in [0.15, 0.2) is 0 Å². The van der Waals surface area contributed by atoms with Crippen molar-refractivity contribution in [1.82, 2.24) is 25.0 Å². The van der Waals surface area contributed by atoms with Crippen LogP contribution in [0.5, 0.6) is 0 Å². The zero-order valence-corrected chi connectivity index (χ0v) is 12.5. The van der Waals surface area contributed by atoms with E-state index in [1.165, 1.54) is 12.1 Å². The molecule has 8 nitrogen and oxygen atoms in total. The Morgan fingerprint density at radius 1 is 1.00 bits per heavy atom. The molecule has 1 fully saturated rings. The number of aromatic nitrogens is 3. The van der Waals surface area contributed by atoms with Crippen LogP contribution in [-0.2, 0) is 0 Å². The summed E-state index contributed by atoms with van der Waals surface area (Å²) in [7, 11) is 0. The van der Waals surface area contributed by atoms with Crippen LogP contribution >= 0.6 is 0 Å². The molecule has 0 unspecified atom stereocenters. The molecule has 0 saturated carbocycles. The fraction of sp³-hybridized carbons (Fsp3) is 0.333. The van der Waals surface area contributed by atoms with E-state index < -0.39 is 0 Å². The maximum Gasteiger partial charge on any atom is 0.274 e. The monoisotopic (exact) mass is 315 g/mol. The normalized spacial score (nSPS) is 15.3. The molecule has 0 aromatic carbocycles. The maximum absolute atomic E-state index is 12.4. The second-order valence-electron chi connectivity index (χ2n) is 5.34. The van der Waals surface area contributed by atoms with Crippen LogP contribution in [0, 0.1) is 0 Å². The van der Waals surface area contributed by atoms with Gasteiger partial charge in [0.2, 0.25) is 0 Å². The van der Waals surface area contributed by atoms with Crippen molar-refractivity contribution in [3.63, 3.8) is 0 Å². The molecule has 0 spiro atoms. The molecule has 8 heteroatoms. The van der Waals surface area contributed by atoms with Gasteiger partial charge in [-0.3, -0.25) is 14.4 Å². The van der Waals surface area contributed by atoms with Gasteiger partial charge in [-0.2, -0.15) is 5.10 Å². The number of carbonyl (C=O) groups excluding carboxylic acids is 2. The Balaban J connectivity index is 1.66. The molecule has 3 heterocycles. The van der Waals surface area contributed by atoms with Crippen molar-refractivity contribution in [3.05, 3.63) is 52.2 Å². The lowest BCUT2D eigenvalue weighted by Crippen LogP contribution is -2.37. The summed E-state index contributed by atoms with van der Waals surface area (Å²) in [4.78, 5) is 42.0. The first-order valence-corrected chi connectivity index (χ1v) is 7.42. The van der Waals surface area contributed by atoms with Crippen molar-refractivity contribution in [2.24, 2.45) is 0 Å². The van der Waals surface area contributed by atoms with Crippen molar-refractivity contribution in [2.75, 3.05) is 26.2 Å². The highest BCUT2D eigenvalue weighted by molar-refractivity contribution is 5.94. The molecule has 0 atom stereocenters. The molecule has 0 radical (unpaired) electrons. The van der Waals surface area contributed by atoms with Crippen molar-refractivity contribution >= 4 is 11.8 Å². The topological polar surface area (TPSA) is 102 Å². The predicted molar refractivity (Wildman–Crippen MR) is 82.1 cm³/mol. The molecule has 0 bridgehead atoms. The second kappa shape index (κ2) is 6.47. The third kappa shape index (κ3) is 3.31. The first kappa shape index (κ1) is 15.0. The highest BCUT2D eigenvalue weighted by atomic mass is 16.2. The summed E-state index contributed by atoms with van der Waals surface area (Å²) in [6.07, 6.45) is 4.08. The number of nitrogens with zero attached hydrogens (tertiary/aromatic N) is 3. The van der Waals surface area contributed by atoms with Gasteiger partial charge in [0, 0.05) is 44.6 Å². The number of H-pyrrole nitrogens is 2. The molecular formula is C15H17N5O3. The predicted octanol–water partition coefficient (Wildman–Crippen LogP) is 0.0863. The Morgan fingerprint density at radius 3 is 2.35 bits per heavy atom. The average molecular weight is 315 g/mol. The van der Waals surface area contributed by atoms with Gasteiger partial charge in [0.05, 0.1) is 5.56 Å². The van der Waals surface area contributed by atoms with Gasteiger partial charge in [-0.15, -0.1) is 0 Å². The van der Waals surface area contributed by atoms with Gasteiger partial charge in [0.25, 0.3) is 17.4 Å². The summed E-state index contributed by atoms with van der Waals surface area (Å²) in [5.74, 6) is -0.278. The largest absolute Gasteiger partial charge is 0.367 e. The molecular weight excluding hydrogens is 298 g/mol. The first-order valence-electron chi connectivity index (χ1n) is 7.42. The smallest absolute Gasteiger partial charge is 0.274 e. The average Bonchev–Trinajstić information content (AvgIpc) is 2.99. The van der Waals surface area contributed by atoms with Gasteiger partial charge < -0.3 is 14.8 Å². The van der Waals surface area contributed by atoms with E-state index in [0.717, 1.165) is 0 Å².